The Bertz CT molecular complexity index is 441. The molecule has 0 heterocycles. The maximum Gasteiger partial charge on any atom is 0.240 e. The quantitative estimate of drug-likeness (QED) is 0.797. The van der Waals surface area contributed by atoms with Crippen LogP contribution < -0.4 is 4.72 Å². The van der Waals surface area contributed by atoms with Crippen molar-refractivity contribution in [3.63, 3.8) is 0 Å². The number of ether oxygens (including phenoxy) is 1. The van der Waals surface area contributed by atoms with E-state index < -0.39 is 10.0 Å². The number of methoxy groups -OCH3 is 1. The molecule has 1 rings (SSSR count). The van der Waals surface area contributed by atoms with Crippen LogP contribution in [0.15, 0.2) is 29.2 Å². The van der Waals surface area contributed by atoms with E-state index in [9.17, 15) is 8.42 Å². The number of benzene rings is 1. The molecule has 0 aromatic heterocycles. The fraction of sp³-hybridized carbons (Fsp3) is 0.455. The van der Waals surface area contributed by atoms with E-state index >= 15 is 0 Å². The smallest absolute Gasteiger partial charge is 0.240 e. The second-order valence-electron chi connectivity index (χ2n) is 3.91. The predicted molar refractivity (Wildman–Crippen MR) is 64.3 cm³/mol. The van der Waals surface area contributed by atoms with Gasteiger partial charge in [0.15, 0.2) is 0 Å². The molecule has 1 aromatic rings. The third-order valence-electron chi connectivity index (χ3n) is 2.22. The van der Waals surface area contributed by atoms with Gasteiger partial charge in [-0.25, -0.2) is 13.1 Å². The molecule has 1 unspecified atom stereocenters. The van der Waals surface area contributed by atoms with E-state index in [0.717, 1.165) is 0 Å². The zero-order chi connectivity index (χ0) is 12.9. The summed E-state index contributed by atoms with van der Waals surface area (Å²) in [5.74, 6) is 0.142. The minimum absolute atomic E-state index is 0.0386. The van der Waals surface area contributed by atoms with E-state index in [4.69, 9.17) is 9.84 Å². The summed E-state index contributed by atoms with van der Waals surface area (Å²) in [7, 11) is -1.93. The number of aromatic hydroxyl groups is 1. The van der Waals surface area contributed by atoms with Crippen LogP contribution in [0.4, 0.5) is 0 Å². The van der Waals surface area contributed by atoms with Crippen molar-refractivity contribution in [3.8, 4) is 5.75 Å². The van der Waals surface area contributed by atoms with Crippen LogP contribution in [0.1, 0.15) is 6.92 Å². The number of sulfonamides is 1. The number of nitrogens with one attached hydrogen (secondary N) is 1. The SMILES string of the molecule is COCC(C)CNS(=O)(=O)c1ccc(O)cc1. The Balaban J connectivity index is 2.66. The van der Waals surface area contributed by atoms with E-state index in [0.29, 0.717) is 13.2 Å². The minimum Gasteiger partial charge on any atom is -0.508 e. The molecule has 0 radical (unpaired) electrons. The van der Waals surface area contributed by atoms with Gasteiger partial charge in [0.25, 0.3) is 0 Å². The molecule has 0 bridgehead atoms. The maximum atomic E-state index is 11.8. The van der Waals surface area contributed by atoms with E-state index in [1.807, 2.05) is 6.92 Å². The molecule has 0 saturated heterocycles. The zero-order valence-corrected chi connectivity index (χ0v) is 10.7. The lowest BCUT2D eigenvalue weighted by atomic mass is 10.2. The van der Waals surface area contributed by atoms with Crippen LogP contribution in [0.2, 0.25) is 0 Å². The number of hydrogen-bond donors (Lipinski definition) is 2. The van der Waals surface area contributed by atoms with Crippen molar-refractivity contribution >= 4 is 10.0 Å². The summed E-state index contributed by atoms with van der Waals surface area (Å²) < 4.78 is 31.0. The monoisotopic (exact) mass is 259 g/mol. The normalized spacial score (nSPS) is 13.5. The number of phenolic OH excluding ortho intramolecular Hbond substituents is 1. The van der Waals surface area contributed by atoms with E-state index in [2.05, 4.69) is 4.72 Å². The highest BCUT2D eigenvalue weighted by Crippen LogP contribution is 2.14. The fourth-order valence-electron chi connectivity index (χ4n) is 1.30. The van der Waals surface area contributed by atoms with Crippen molar-refractivity contribution in [2.75, 3.05) is 20.3 Å². The van der Waals surface area contributed by atoms with Crippen molar-refractivity contribution in [1.29, 1.82) is 0 Å². The van der Waals surface area contributed by atoms with Crippen LogP contribution in [-0.2, 0) is 14.8 Å². The first-order valence-electron chi connectivity index (χ1n) is 5.23. The van der Waals surface area contributed by atoms with Gasteiger partial charge in [-0.3, -0.25) is 0 Å². The van der Waals surface area contributed by atoms with Gasteiger partial charge in [-0.1, -0.05) is 6.92 Å². The zero-order valence-electron chi connectivity index (χ0n) is 9.88. The molecular formula is C11H17NO4S. The molecule has 1 aromatic carbocycles. The van der Waals surface area contributed by atoms with Gasteiger partial charge in [0.1, 0.15) is 5.75 Å². The summed E-state index contributed by atoms with van der Waals surface area (Å²) in [6.07, 6.45) is 0. The fourth-order valence-corrected chi connectivity index (χ4v) is 2.47. The van der Waals surface area contributed by atoms with E-state index in [1.54, 1.807) is 7.11 Å². The molecule has 17 heavy (non-hydrogen) atoms. The van der Waals surface area contributed by atoms with Crippen molar-refractivity contribution in [2.45, 2.75) is 11.8 Å². The summed E-state index contributed by atoms with van der Waals surface area (Å²) in [6, 6.07) is 5.40. The van der Waals surface area contributed by atoms with Crippen molar-refractivity contribution in [3.05, 3.63) is 24.3 Å². The lowest BCUT2D eigenvalue weighted by Gasteiger charge is -2.11. The van der Waals surface area contributed by atoms with Gasteiger partial charge in [-0.05, 0) is 30.2 Å². The van der Waals surface area contributed by atoms with Gasteiger partial charge in [-0.15, -0.1) is 0 Å². The lowest BCUT2D eigenvalue weighted by Crippen LogP contribution is -2.29. The molecule has 96 valence electrons. The number of phenols is 1. The molecular weight excluding hydrogens is 242 g/mol. The van der Waals surface area contributed by atoms with Gasteiger partial charge in [0.2, 0.25) is 10.0 Å². The third kappa shape index (κ3) is 4.33. The first-order chi connectivity index (χ1) is 7.95. The Morgan fingerprint density at radius 1 is 1.35 bits per heavy atom. The van der Waals surface area contributed by atoms with E-state index in [1.165, 1.54) is 24.3 Å². The molecule has 6 heteroatoms. The molecule has 1 atom stereocenters. The molecule has 0 aliphatic carbocycles. The Morgan fingerprint density at radius 3 is 2.47 bits per heavy atom. The Kier molecular flexibility index (Phi) is 4.92. The third-order valence-corrected chi connectivity index (χ3v) is 3.66. The molecule has 0 amide bonds. The molecule has 5 nitrogen and oxygen atoms in total. The Labute approximate surface area is 101 Å². The van der Waals surface area contributed by atoms with Gasteiger partial charge >= 0.3 is 0 Å². The van der Waals surface area contributed by atoms with Gasteiger partial charge in [-0.2, -0.15) is 0 Å². The molecule has 0 fully saturated rings. The van der Waals surface area contributed by atoms with Gasteiger partial charge < -0.3 is 9.84 Å². The second kappa shape index (κ2) is 6.00. The van der Waals surface area contributed by atoms with Gasteiger partial charge in [0.05, 0.1) is 4.90 Å². The second-order valence-corrected chi connectivity index (χ2v) is 5.67. The first kappa shape index (κ1) is 14.0. The molecule has 2 N–H and O–H groups in total. The summed E-state index contributed by atoms with van der Waals surface area (Å²) in [5.41, 5.74) is 0. The first-order valence-corrected chi connectivity index (χ1v) is 6.71. The summed E-state index contributed by atoms with van der Waals surface area (Å²) in [4.78, 5) is 0.139. The highest BCUT2D eigenvalue weighted by atomic mass is 32.2. The van der Waals surface area contributed by atoms with Crippen LogP contribution in [0.5, 0.6) is 5.75 Å². The molecule has 0 spiro atoms. The molecule has 0 aliphatic rings. The molecule has 0 saturated carbocycles. The Hall–Kier alpha value is -1.11. The summed E-state index contributed by atoms with van der Waals surface area (Å²) >= 11 is 0. The highest BCUT2D eigenvalue weighted by molar-refractivity contribution is 7.89. The average Bonchev–Trinajstić information content (AvgIpc) is 2.28. The maximum absolute atomic E-state index is 11.8. The van der Waals surface area contributed by atoms with Crippen molar-refractivity contribution in [2.24, 2.45) is 5.92 Å². The van der Waals surface area contributed by atoms with Crippen LogP contribution >= 0.6 is 0 Å². The van der Waals surface area contributed by atoms with Crippen LogP contribution in [0.25, 0.3) is 0 Å². The van der Waals surface area contributed by atoms with E-state index in [-0.39, 0.29) is 16.6 Å². The number of rotatable bonds is 6. The predicted octanol–water partition coefficient (Wildman–Crippen LogP) is 0.953. The Morgan fingerprint density at radius 2 is 1.94 bits per heavy atom. The molecule has 0 aliphatic heterocycles. The van der Waals surface area contributed by atoms with Gasteiger partial charge in [0, 0.05) is 20.3 Å². The highest BCUT2D eigenvalue weighted by Gasteiger charge is 2.14. The average molecular weight is 259 g/mol. The topological polar surface area (TPSA) is 75.6 Å². The van der Waals surface area contributed by atoms with Crippen LogP contribution in [0, 0.1) is 5.92 Å². The van der Waals surface area contributed by atoms with Crippen LogP contribution in [-0.4, -0.2) is 33.8 Å². The van der Waals surface area contributed by atoms with Crippen LogP contribution in [0.3, 0.4) is 0 Å². The summed E-state index contributed by atoms with van der Waals surface area (Å²) in [6.45, 7) is 2.71. The summed E-state index contributed by atoms with van der Waals surface area (Å²) in [5, 5.41) is 9.08. The minimum atomic E-state index is -3.51. The standard InChI is InChI=1S/C11H17NO4S/c1-9(8-16-2)7-12-17(14,15)11-5-3-10(13)4-6-11/h3-6,9,12-13H,7-8H2,1-2H3. The van der Waals surface area contributed by atoms with Crippen molar-refractivity contribution < 1.29 is 18.3 Å². The lowest BCUT2D eigenvalue weighted by molar-refractivity contribution is 0.161. The largest absolute Gasteiger partial charge is 0.508 e. The van der Waals surface area contributed by atoms with Crippen molar-refractivity contribution in [1.82, 2.24) is 4.72 Å². The number of hydrogen-bond acceptors (Lipinski definition) is 4.